The fourth-order valence-electron chi connectivity index (χ4n) is 4.98. The van der Waals surface area contributed by atoms with Crippen molar-refractivity contribution in [3.8, 4) is 0 Å². The van der Waals surface area contributed by atoms with Crippen LogP contribution < -0.4 is 10.6 Å². The van der Waals surface area contributed by atoms with Crippen LogP contribution in [0.4, 0.5) is 5.13 Å². The molecule has 2 atom stereocenters. The van der Waals surface area contributed by atoms with Crippen molar-refractivity contribution in [1.82, 2.24) is 15.5 Å². The highest BCUT2D eigenvalue weighted by Gasteiger charge is 2.31. The van der Waals surface area contributed by atoms with Gasteiger partial charge in [-0.25, -0.2) is 0 Å². The zero-order valence-corrected chi connectivity index (χ0v) is 23.0. The summed E-state index contributed by atoms with van der Waals surface area (Å²) in [7, 11) is 0. The van der Waals surface area contributed by atoms with Crippen LogP contribution in [0.3, 0.4) is 0 Å². The Morgan fingerprint density at radius 2 is 1.50 bits per heavy atom. The zero-order chi connectivity index (χ0) is 26.3. The van der Waals surface area contributed by atoms with Gasteiger partial charge >= 0.3 is 0 Å². The van der Waals surface area contributed by atoms with Crippen LogP contribution in [0.2, 0.25) is 0 Å². The molecule has 1 aliphatic carbocycles. The number of benzene rings is 2. The molecule has 2 amide bonds. The number of nitrogens with zero attached hydrogens (tertiary/aromatic N) is 3. The van der Waals surface area contributed by atoms with Crippen molar-refractivity contribution >= 4 is 45.2 Å². The van der Waals surface area contributed by atoms with Gasteiger partial charge < -0.3 is 10.6 Å². The van der Waals surface area contributed by atoms with Crippen molar-refractivity contribution in [1.29, 1.82) is 0 Å². The van der Waals surface area contributed by atoms with Gasteiger partial charge in [-0.2, -0.15) is 0 Å². The monoisotopic (exact) mass is 545 g/mol. The van der Waals surface area contributed by atoms with E-state index in [0.717, 1.165) is 41.8 Å². The van der Waals surface area contributed by atoms with Gasteiger partial charge in [0.2, 0.25) is 16.9 Å². The second-order valence-corrected chi connectivity index (χ2v) is 11.8. The van der Waals surface area contributed by atoms with Gasteiger partial charge in [0.1, 0.15) is 5.01 Å². The first-order chi connectivity index (χ1) is 18.5. The summed E-state index contributed by atoms with van der Waals surface area (Å²) in [5.41, 5.74) is 3.23. The van der Waals surface area contributed by atoms with Crippen molar-refractivity contribution in [3.05, 3.63) is 87.3 Å². The number of thioether (sulfide) groups is 1. The maximum atomic E-state index is 12.6. The van der Waals surface area contributed by atoms with E-state index in [1.54, 1.807) is 11.8 Å². The molecule has 0 saturated heterocycles. The molecule has 9 heteroatoms. The predicted molar refractivity (Wildman–Crippen MR) is 154 cm³/mol. The Labute approximate surface area is 231 Å². The van der Waals surface area contributed by atoms with E-state index in [1.165, 1.54) is 21.8 Å². The van der Waals surface area contributed by atoms with E-state index in [1.807, 2.05) is 60.7 Å². The number of amidine groups is 1. The van der Waals surface area contributed by atoms with E-state index in [0.29, 0.717) is 41.5 Å². The van der Waals surface area contributed by atoms with Crippen molar-refractivity contribution < 1.29 is 9.59 Å². The number of carbonyl (C=O) groups is 2. The lowest BCUT2D eigenvalue weighted by atomic mass is 9.80. The maximum absolute atomic E-state index is 12.6. The van der Waals surface area contributed by atoms with Gasteiger partial charge in [0.05, 0.1) is 19.4 Å². The molecule has 0 bridgehead atoms. The molecule has 2 unspecified atom stereocenters. The van der Waals surface area contributed by atoms with Crippen molar-refractivity contribution in [3.63, 3.8) is 0 Å². The number of hydrogen-bond acceptors (Lipinski definition) is 7. The van der Waals surface area contributed by atoms with Gasteiger partial charge in [-0.15, -0.1) is 10.2 Å². The largest absolute Gasteiger partial charge is 0.305 e. The first-order valence-corrected chi connectivity index (χ1v) is 14.6. The minimum absolute atomic E-state index is 0.0430. The van der Waals surface area contributed by atoms with E-state index in [2.05, 4.69) is 32.7 Å². The summed E-state index contributed by atoms with van der Waals surface area (Å²) in [6.45, 7) is 2.75. The SMILES string of the molecule is CC1=C(C2CCCC(c3nnc(NC(=O)Cc4ccccc4)s3)C2)SC(NC(=O)Cc2ccccc2)=NC1. The van der Waals surface area contributed by atoms with Crippen LogP contribution in [0.1, 0.15) is 54.7 Å². The fraction of sp³-hybridized carbons (Fsp3) is 0.345. The predicted octanol–water partition coefficient (Wildman–Crippen LogP) is 5.73. The molecule has 1 saturated carbocycles. The molecule has 2 heterocycles. The normalized spacial score (nSPS) is 19.6. The minimum atomic E-state index is -0.0825. The Balaban J connectivity index is 1.16. The summed E-state index contributed by atoms with van der Waals surface area (Å²) in [5.74, 6) is 0.580. The van der Waals surface area contributed by atoms with E-state index in [-0.39, 0.29) is 11.8 Å². The average molecular weight is 546 g/mol. The molecule has 196 valence electrons. The Kier molecular flexibility index (Phi) is 8.65. The molecule has 1 aliphatic heterocycles. The Morgan fingerprint density at radius 1 is 0.868 bits per heavy atom. The fourth-order valence-corrected chi connectivity index (χ4v) is 7.01. The summed E-state index contributed by atoms with van der Waals surface area (Å²) in [4.78, 5) is 31.0. The average Bonchev–Trinajstić information content (AvgIpc) is 3.39. The highest BCUT2D eigenvalue weighted by atomic mass is 32.2. The first kappa shape index (κ1) is 26.3. The number of hydrogen-bond donors (Lipinski definition) is 2. The smallest absolute Gasteiger partial charge is 0.230 e. The summed E-state index contributed by atoms with van der Waals surface area (Å²) in [5, 5.41) is 16.9. The number of amides is 2. The van der Waals surface area contributed by atoms with Crippen molar-refractivity contribution in [2.45, 2.75) is 51.4 Å². The molecule has 0 radical (unpaired) electrons. The highest BCUT2D eigenvalue weighted by Crippen LogP contribution is 2.45. The second kappa shape index (κ2) is 12.5. The van der Waals surface area contributed by atoms with E-state index in [9.17, 15) is 9.59 Å². The molecule has 3 aromatic rings. The van der Waals surface area contributed by atoms with Gasteiger partial charge in [-0.1, -0.05) is 90.2 Å². The van der Waals surface area contributed by atoms with Gasteiger partial charge in [-0.3, -0.25) is 14.6 Å². The maximum Gasteiger partial charge on any atom is 0.230 e. The molecule has 2 aromatic carbocycles. The molecule has 0 spiro atoms. The number of rotatable bonds is 7. The van der Waals surface area contributed by atoms with Crippen LogP contribution in [-0.4, -0.2) is 33.7 Å². The van der Waals surface area contributed by atoms with Crippen LogP contribution in [0.25, 0.3) is 0 Å². The standard InChI is InChI=1S/C29H31N5O2S2/c1-19-18-30-28(31-24(35)15-20-9-4-2-5-10-20)37-26(19)22-13-8-14-23(17-22)27-33-34-29(38-27)32-25(36)16-21-11-6-3-7-12-21/h2-7,9-12,22-23H,8,13-18H2,1H3,(H,30,31,35)(H,32,34,36). The van der Waals surface area contributed by atoms with Gasteiger partial charge in [0.25, 0.3) is 0 Å². The van der Waals surface area contributed by atoms with Crippen LogP contribution in [0.5, 0.6) is 0 Å². The second-order valence-electron chi connectivity index (χ2n) is 9.80. The number of carbonyl (C=O) groups excluding carboxylic acids is 2. The Morgan fingerprint density at radius 3 is 2.18 bits per heavy atom. The molecule has 7 nitrogen and oxygen atoms in total. The van der Waals surface area contributed by atoms with Crippen LogP contribution in [0.15, 0.2) is 76.1 Å². The van der Waals surface area contributed by atoms with E-state index < -0.39 is 0 Å². The molecule has 2 N–H and O–H groups in total. The lowest BCUT2D eigenvalue weighted by Crippen LogP contribution is -2.32. The highest BCUT2D eigenvalue weighted by molar-refractivity contribution is 8.17. The van der Waals surface area contributed by atoms with Crippen molar-refractivity contribution in [2.75, 3.05) is 11.9 Å². The number of allylic oxidation sites excluding steroid dienone is 1. The van der Waals surface area contributed by atoms with E-state index >= 15 is 0 Å². The van der Waals surface area contributed by atoms with E-state index in [4.69, 9.17) is 0 Å². The minimum Gasteiger partial charge on any atom is -0.305 e. The lowest BCUT2D eigenvalue weighted by molar-refractivity contribution is -0.119. The zero-order valence-electron chi connectivity index (χ0n) is 21.4. The van der Waals surface area contributed by atoms with Crippen molar-refractivity contribution in [2.24, 2.45) is 10.9 Å². The molecular formula is C29H31N5O2S2. The van der Waals surface area contributed by atoms with Gasteiger partial charge in [-0.05, 0) is 53.7 Å². The quantitative estimate of drug-likeness (QED) is 0.395. The molecule has 38 heavy (non-hydrogen) atoms. The van der Waals surface area contributed by atoms with Crippen LogP contribution in [0, 0.1) is 5.92 Å². The van der Waals surface area contributed by atoms with Crippen LogP contribution in [-0.2, 0) is 22.4 Å². The summed E-state index contributed by atoms with van der Waals surface area (Å²) < 4.78 is 0. The topological polar surface area (TPSA) is 96.3 Å². The molecular weight excluding hydrogens is 514 g/mol. The lowest BCUT2D eigenvalue weighted by Gasteiger charge is -2.31. The Bertz CT molecular complexity index is 1340. The molecule has 1 fully saturated rings. The third-order valence-electron chi connectivity index (χ3n) is 6.83. The molecule has 1 aromatic heterocycles. The van der Waals surface area contributed by atoms with Gasteiger partial charge in [0, 0.05) is 5.92 Å². The third kappa shape index (κ3) is 6.96. The number of aromatic nitrogens is 2. The summed E-state index contributed by atoms with van der Waals surface area (Å²) >= 11 is 3.08. The third-order valence-corrected chi connectivity index (χ3v) is 9.16. The van der Waals surface area contributed by atoms with Crippen LogP contribution >= 0.6 is 23.1 Å². The number of anilines is 1. The summed E-state index contributed by atoms with van der Waals surface area (Å²) in [6, 6.07) is 19.4. The molecule has 5 rings (SSSR count). The number of nitrogens with one attached hydrogen (secondary N) is 2. The summed E-state index contributed by atoms with van der Waals surface area (Å²) in [6.07, 6.45) is 4.92. The molecule has 2 aliphatic rings. The Hall–Kier alpha value is -3.30. The number of aliphatic imine (C=N–C) groups is 1. The first-order valence-electron chi connectivity index (χ1n) is 13.0. The van der Waals surface area contributed by atoms with Gasteiger partial charge in [0.15, 0.2) is 5.17 Å².